The number of rotatable bonds is 10. The normalized spacial score (nSPS) is 11.9. The van der Waals surface area contributed by atoms with Crippen LogP contribution in [0, 0.1) is 10.1 Å². The van der Waals surface area contributed by atoms with Crippen molar-refractivity contribution in [3.05, 3.63) is 148 Å². The van der Waals surface area contributed by atoms with Crippen LogP contribution in [0.4, 0.5) is 5.69 Å². The lowest BCUT2D eigenvalue weighted by Crippen LogP contribution is -2.45. The number of hydrogen-bond acceptors (Lipinski definition) is 4. The number of hydrogen-bond donors (Lipinski definition) is 2. The highest BCUT2D eigenvalue weighted by molar-refractivity contribution is 5.86. The van der Waals surface area contributed by atoms with E-state index >= 15 is 0 Å². The number of nitro benzene ring substituents is 1. The highest BCUT2D eigenvalue weighted by atomic mass is 16.6. The van der Waals surface area contributed by atoms with Gasteiger partial charge in [-0.25, -0.2) is 4.79 Å². The van der Waals surface area contributed by atoms with Crippen LogP contribution in [-0.2, 0) is 21.4 Å². The van der Waals surface area contributed by atoms with Crippen LogP contribution in [0.3, 0.4) is 0 Å². The number of para-hydroxylation sites is 1. The van der Waals surface area contributed by atoms with Crippen LogP contribution in [0.1, 0.15) is 28.7 Å². The number of nitrogens with zero attached hydrogens (tertiary/aromatic N) is 1. The molecule has 7 nitrogen and oxygen atoms in total. The predicted octanol–water partition coefficient (Wildman–Crippen LogP) is 5.13. The first-order valence-corrected chi connectivity index (χ1v) is 11.8. The van der Waals surface area contributed by atoms with Crippen molar-refractivity contribution in [1.29, 1.82) is 0 Å². The minimum Gasteiger partial charge on any atom is -0.480 e. The molecule has 7 heteroatoms. The van der Waals surface area contributed by atoms with E-state index in [4.69, 9.17) is 0 Å². The summed E-state index contributed by atoms with van der Waals surface area (Å²) < 4.78 is 0. The van der Waals surface area contributed by atoms with Gasteiger partial charge in [-0.05, 0) is 16.7 Å². The number of carbonyl (C=O) groups is 2. The zero-order valence-electron chi connectivity index (χ0n) is 20.0. The van der Waals surface area contributed by atoms with Crippen molar-refractivity contribution in [2.75, 3.05) is 0 Å². The maximum atomic E-state index is 13.6. The van der Waals surface area contributed by atoms with Gasteiger partial charge in [0.2, 0.25) is 5.91 Å². The fraction of sp³-hybridized carbons (Fsp3) is 0.133. The smallest absolute Gasteiger partial charge is 0.326 e. The SMILES string of the molecule is O=C(CC(c1ccccc1)(c1ccccc1)c1ccccc1)N[C@H](Cc1ccccc1[N+](=O)[O-])C(=O)O. The summed E-state index contributed by atoms with van der Waals surface area (Å²) in [5, 5.41) is 23.9. The van der Waals surface area contributed by atoms with Crippen molar-refractivity contribution < 1.29 is 19.6 Å². The van der Waals surface area contributed by atoms with Crippen molar-refractivity contribution in [3.8, 4) is 0 Å². The molecule has 37 heavy (non-hydrogen) atoms. The lowest BCUT2D eigenvalue weighted by Gasteiger charge is -2.36. The molecule has 0 spiro atoms. The maximum Gasteiger partial charge on any atom is 0.326 e. The summed E-state index contributed by atoms with van der Waals surface area (Å²) in [5.74, 6) is -1.75. The Morgan fingerprint density at radius 3 is 1.62 bits per heavy atom. The number of benzene rings is 4. The number of amides is 1. The first-order valence-electron chi connectivity index (χ1n) is 11.8. The Morgan fingerprint density at radius 1 is 0.757 bits per heavy atom. The molecule has 2 N–H and O–H groups in total. The molecule has 0 heterocycles. The molecule has 0 bridgehead atoms. The van der Waals surface area contributed by atoms with E-state index in [1.807, 2.05) is 91.0 Å². The van der Waals surface area contributed by atoms with Crippen molar-refractivity contribution in [2.45, 2.75) is 24.3 Å². The van der Waals surface area contributed by atoms with Crippen LogP contribution in [0.15, 0.2) is 115 Å². The average Bonchev–Trinajstić information content (AvgIpc) is 2.93. The van der Waals surface area contributed by atoms with Gasteiger partial charge in [-0.1, -0.05) is 109 Å². The van der Waals surface area contributed by atoms with E-state index in [9.17, 15) is 24.8 Å². The molecule has 0 aliphatic carbocycles. The van der Waals surface area contributed by atoms with E-state index in [1.54, 1.807) is 6.07 Å². The maximum absolute atomic E-state index is 13.6. The molecule has 0 fully saturated rings. The number of carbonyl (C=O) groups excluding carboxylic acids is 1. The second kappa shape index (κ2) is 11.3. The van der Waals surface area contributed by atoms with Crippen LogP contribution in [-0.4, -0.2) is 27.9 Å². The molecule has 0 unspecified atom stereocenters. The lowest BCUT2D eigenvalue weighted by molar-refractivity contribution is -0.385. The summed E-state index contributed by atoms with van der Waals surface area (Å²) in [6.07, 6.45) is -0.279. The molecular weight excluding hydrogens is 468 g/mol. The Bertz CT molecular complexity index is 1280. The molecule has 0 saturated carbocycles. The Balaban J connectivity index is 1.73. The second-order valence-electron chi connectivity index (χ2n) is 8.73. The molecule has 4 aromatic carbocycles. The Labute approximate surface area is 214 Å². The number of carboxylic acid groups (broad SMARTS) is 1. The molecule has 4 aromatic rings. The molecule has 186 valence electrons. The minimum absolute atomic E-state index is 0.0638. The summed E-state index contributed by atoms with van der Waals surface area (Å²) in [5.41, 5.74) is 1.81. The number of nitrogens with one attached hydrogen (secondary N) is 1. The fourth-order valence-corrected chi connectivity index (χ4v) is 4.74. The number of carboxylic acids is 1. The van der Waals surface area contributed by atoms with Gasteiger partial charge in [-0.15, -0.1) is 0 Å². The van der Waals surface area contributed by atoms with Crippen molar-refractivity contribution in [1.82, 2.24) is 5.32 Å². The Morgan fingerprint density at radius 2 is 1.19 bits per heavy atom. The molecule has 0 saturated heterocycles. The molecular formula is C30H26N2O5. The fourth-order valence-electron chi connectivity index (χ4n) is 4.74. The van der Waals surface area contributed by atoms with Gasteiger partial charge in [0.25, 0.3) is 5.69 Å². The summed E-state index contributed by atoms with van der Waals surface area (Å²) in [6, 6.07) is 33.5. The van der Waals surface area contributed by atoms with Gasteiger partial charge in [0.1, 0.15) is 6.04 Å². The molecule has 0 aromatic heterocycles. The van der Waals surface area contributed by atoms with E-state index in [0.717, 1.165) is 16.7 Å². The summed E-state index contributed by atoms with van der Waals surface area (Å²) in [7, 11) is 0. The molecule has 0 aliphatic heterocycles. The molecule has 0 radical (unpaired) electrons. The first kappa shape index (κ1) is 25.3. The van der Waals surface area contributed by atoms with Crippen LogP contribution >= 0.6 is 0 Å². The Hall–Kier alpha value is -4.78. The predicted molar refractivity (Wildman–Crippen MR) is 140 cm³/mol. The van der Waals surface area contributed by atoms with E-state index < -0.39 is 28.3 Å². The van der Waals surface area contributed by atoms with Crippen molar-refractivity contribution >= 4 is 17.6 Å². The van der Waals surface area contributed by atoms with Gasteiger partial charge in [0, 0.05) is 24.5 Å². The van der Waals surface area contributed by atoms with Crippen LogP contribution in [0.2, 0.25) is 0 Å². The second-order valence-corrected chi connectivity index (χ2v) is 8.73. The largest absolute Gasteiger partial charge is 0.480 e. The van der Waals surface area contributed by atoms with Gasteiger partial charge < -0.3 is 10.4 Å². The van der Waals surface area contributed by atoms with Crippen LogP contribution in [0.5, 0.6) is 0 Å². The van der Waals surface area contributed by atoms with E-state index in [-0.39, 0.29) is 24.1 Å². The summed E-state index contributed by atoms with van der Waals surface area (Å²) >= 11 is 0. The van der Waals surface area contributed by atoms with Crippen molar-refractivity contribution in [3.63, 3.8) is 0 Å². The van der Waals surface area contributed by atoms with E-state index in [2.05, 4.69) is 5.32 Å². The summed E-state index contributed by atoms with van der Waals surface area (Å²) in [4.78, 5) is 36.6. The van der Waals surface area contributed by atoms with Gasteiger partial charge >= 0.3 is 5.97 Å². The third-order valence-electron chi connectivity index (χ3n) is 6.47. The minimum atomic E-state index is -1.34. The number of aliphatic carboxylic acids is 1. The Kier molecular flexibility index (Phi) is 7.74. The third kappa shape index (κ3) is 5.56. The van der Waals surface area contributed by atoms with Gasteiger partial charge in [-0.2, -0.15) is 0 Å². The highest BCUT2D eigenvalue weighted by Gasteiger charge is 2.39. The zero-order chi connectivity index (χ0) is 26.3. The van der Waals surface area contributed by atoms with E-state index in [1.165, 1.54) is 18.2 Å². The van der Waals surface area contributed by atoms with Gasteiger partial charge in [-0.3, -0.25) is 14.9 Å². The monoisotopic (exact) mass is 494 g/mol. The molecule has 1 amide bonds. The van der Waals surface area contributed by atoms with Crippen LogP contribution < -0.4 is 5.32 Å². The number of nitro groups is 1. The van der Waals surface area contributed by atoms with Gasteiger partial charge in [0.15, 0.2) is 0 Å². The summed E-state index contributed by atoms with van der Waals surface area (Å²) in [6.45, 7) is 0. The average molecular weight is 495 g/mol. The quantitative estimate of drug-likeness (QED) is 0.180. The lowest BCUT2D eigenvalue weighted by atomic mass is 9.67. The highest BCUT2D eigenvalue weighted by Crippen LogP contribution is 2.42. The zero-order valence-corrected chi connectivity index (χ0v) is 20.0. The first-order chi connectivity index (χ1) is 17.9. The molecule has 0 aliphatic rings. The standard InChI is InChI=1S/C30H26N2O5/c33-28(31-26(29(34)35)20-22-12-10-11-19-27(22)32(36)37)21-30(23-13-4-1-5-14-23,24-15-6-2-7-16-24)25-17-8-3-9-18-25/h1-19,26H,20-21H2,(H,31,33)(H,34,35)/t26-/m1/s1. The van der Waals surface area contributed by atoms with Gasteiger partial charge in [0.05, 0.1) is 10.3 Å². The topological polar surface area (TPSA) is 110 Å². The molecule has 4 rings (SSSR count). The third-order valence-corrected chi connectivity index (χ3v) is 6.47. The van der Waals surface area contributed by atoms with E-state index in [0.29, 0.717) is 0 Å². The molecule has 1 atom stereocenters. The van der Waals surface area contributed by atoms with Crippen molar-refractivity contribution in [2.24, 2.45) is 0 Å². The van der Waals surface area contributed by atoms with Crippen LogP contribution in [0.25, 0.3) is 0 Å².